The van der Waals surface area contributed by atoms with Crippen LogP contribution in [-0.4, -0.2) is 24.2 Å². The van der Waals surface area contributed by atoms with E-state index in [-0.39, 0.29) is 0 Å². The second-order valence-electron chi connectivity index (χ2n) is 3.62. The summed E-state index contributed by atoms with van der Waals surface area (Å²) in [7, 11) is -3.16. The molecular weight excluding hydrogens is 287 g/mol. The molecule has 1 rings (SSSR count). The lowest BCUT2D eigenvalue weighted by Crippen LogP contribution is -2.04. The Labute approximate surface area is 118 Å². The summed E-state index contributed by atoms with van der Waals surface area (Å²) in [5.74, 6) is 0.949. The molecule has 0 bridgehead atoms. The van der Waals surface area contributed by atoms with Crippen molar-refractivity contribution in [2.45, 2.75) is 32.9 Å². The molecule has 1 aliphatic heterocycles. The van der Waals surface area contributed by atoms with Crippen LogP contribution in [-0.2, 0) is 13.6 Å². The summed E-state index contributed by atoms with van der Waals surface area (Å²) in [6.07, 6.45) is 3.95. The summed E-state index contributed by atoms with van der Waals surface area (Å²) in [6.45, 7) is 8.66. The predicted octanol–water partition coefficient (Wildman–Crippen LogP) is 4.87. The van der Waals surface area contributed by atoms with E-state index in [4.69, 9.17) is 9.05 Å². The van der Waals surface area contributed by atoms with Crippen molar-refractivity contribution >= 4 is 31.1 Å². The molecule has 1 unspecified atom stereocenters. The van der Waals surface area contributed by atoms with E-state index in [0.717, 1.165) is 15.3 Å². The Morgan fingerprint density at radius 3 is 2.44 bits per heavy atom. The van der Waals surface area contributed by atoms with Gasteiger partial charge in [0, 0.05) is 5.25 Å². The monoisotopic (exact) mass is 308 g/mol. The van der Waals surface area contributed by atoms with Gasteiger partial charge in [-0.1, -0.05) is 13.0 Å². The van der Waals surface area contributed by atoms with Gasteiger partial charge >= 0.3 is 7.60 Å². The highest BCUT2D eigenvalue weighted by Crippen LogP contribution is 2.61. The molecule has 0 aliphatic carbocycles. The summed E-state index contributed by atoms with van der Waals surface area (Å²) in [6, 6.07) is 0. The molecule has 0 spiro atoms. The zero-order valence-electron chi connectivity index (χ0n) is 11.3. The zero-order chi connectivity index (χ0) is 13.6. The average Bonchev–Trinajstić information content (AvgIpc) is 2.30. The van der Waals surface area contributed by atoms with E-state index in [9.17, 15) is 4.57 Å². The van der Waals surface area contributed by atoms with Gasteiger partial charge in [0.25, 0.3) is 0 Å². The summed E-state index contributed by atoms with van der Waals surface area (Å²) >= 11 is 3.42. The molecule has 0 aromatic heterocycles. The highest BCUT2D eigenvalue weighted by Gasteiger charge is 2.33. The molecule has 1 aliphatic rings. The topological polar surface area (TPSA) is 35.5 Å². The molecule has 0 amide bonds. The van der Waals surface area contributed by atoms with E-state index < -0.39 is 7.60 Å². The third-order valence-corrected chi connectivity index (χ3v) is 7.03. The fourth-order valence-electron chi connectivity index (χ4n) is 1.52. The SMILES string of the molecule is CCOP(=O)(OCC)C1=C(SCC)SC(C)C=C1. The Morgan fingerprint density at radius 2 is 1.94 bits per heavy atom. The summed E-state index contributed by atoms with van der Waals surface area (Å²) in [5.41, 5.74) is 0. The predicted molar refractivity (Wildman–Crippen MR) is 82.2 cm³/mol. The normalized spacial score (nSPS) is 20.6. The summed E-state index contributed by atoms with van der Waals surface area (Å²) < 4.78 is 24.7. The van der Waals surface area contributed by atoms with E-state index in [1.807, 2.05) is 26.0 Å². The van der Waals surface area contributed by atoms with Crippen molar-refractivity contribution in [1.29, 1.82) is 0 Å². The largest absolute Gasteiger partial charge is 0.362 e. The van der Waals surface area contributed by atoms with E-state index in [2.05, 4.69) is 13.8 Å². The molecule has 0 radical (unpaired) electrons. The van der Waals surface area contributed by atoms with E-state index in [1.54, 1.807) is 23.5 Å². The van der Waals surface area contributed by atoms with Crippen LogP contribution in [0.4, 0.5) is 0 Å². The first-order valence-electron chi connectivity index (χ1n) is 6.19. The van der Waals surface area contributed by atoms with Gasteiger partial charge in [-0.3, -0.25) is 4.57 Å². The Bertz CT molecular complexity index is 370. The molecule has 6 heteroatoms. The molecule has 0 aromatic rings. The number of thioether (sulfide) groups is 2. The van der Waals surface area contributed by atoms with Crippen molar-refractivity contribution in [2.75, 3.05) is 19.0 Å². The maximum atomic E-state index is 12.8. The van der Waals surface area contributed by atoms with Gasteiger partial charge in [-0.05, 0) is 32.6 Å². The molecule has 0 aromatic carbocycles. The standard InChI is InChI=1S/C12H21O3PS2/c1-5-14-16(13,15-6-2)11-9-8-10(4)18-12(11)17-7-3/h8-10H,5-7H2,1-4H3. The van der Waals surface area contributed by atoms with Gasteiger partial charge in [-0.15, -0.1) is 23.5 Å². The van der Waals surface area contributed by atoms with Crippen LogP contribution < -0.4 is 0 Å². The Hall–Kier alpha value is 0.330. The highest BCUT2D eigenvalue weighted by atomic mass is 32.2. The van der Waals surface area contributed by atoms with Gasteiger partial charge in [0.05, 0.1) is 22.8 Å². The second kappa shape index (κ2) is 7.81. The lowest BCUT2D eigenvalue weighted by molar-refractivity contribution is 0.227. The first kappa shape index (κ1) is 16.4. The van der Waals surface area contributed by atoms with Crippen molar-refractivity contribution in [3.8, 4) is 0 Å². The maximum Gasteiger partial charge on any atom is 0.362 e. The minimum Gasteiger partial charge on any atom is -0.305 e. The smallest absolute Gasteiger partial charge is 0.305 e. The van der Waals surface area contributed by atoms with Crippen LogP contribution >= 0.6 is 31.1 Å². The Balaban J connectivity index is 3.10. The number of allylic oxidation sites excluding steroid dienone is 2. The molecule has 3 nitrogen and oxygen atoms in total. The van der Waals surface area contributed by atoms with E-state index >= 15 is 0 Å². The minimum atomic E-state index is -3.16. The van der Waals surface area contributed by atoms with Crippen molar-refractivity contribution in [1.82, 2.24) is 0 Å². The Kier molecular flexibility index (Phi) is 7.11. The number of hydrogen-bond acceptors (Lipinski definition) is 5. The van der Waals surface area contributed by atoms with E-state index in [1.165, 1.54) is 0 Å². The quantitative estimate of drug-likeness (QED) is 0.627. The molecule has 1 atom stereocenters. The van der Waals surface area contributed by atoms with Gasteiger partial charge in [-0.2, -0.15) is 0 Å². The molecule has 0 fully saturated rings. The number of hydrogen-bond donors (Lipinski definition) is 0. The van der Waals surface area contributed by atoms with Crippen molar-refractivity contribution in [3.05, 3.63) is 21.7 Å². The molecule has 1 heterocycles. The minimum absolute atomic E-state index is 0.388. The van der Waals surface area contributed by atoms with Crippen LogP contribution in [0.3, 0.4) is 0 Å². The van der Waals surface area contributed by atoms with Crippen LogP contribution in [0.2, 0.25) is 0 Å². The van der Waals surface area contributed by atoms with E-state index in [0.29, 0.717) is 18.5 Å². The highest BCUT2D eigenvalue weighted by molar-refractivity contribution is 8.22. The van der Waals surface area contributed by atoms with Gasteiger partial charge in [0.2, 0.25) is 0 Å². The fourth-order valence-corrected chi connectivity index (χ4v) is 6.31. The summed E-state index contributed by atoms with van der Waals surface area (Å²) in [5, 5.41) is 1.13. The fraction of sp³-hybridized carbons (Fsp3) is 0.667. The van der Waals surface area contributed by atoms with Crippen molar-refractivity contribution < 1.29 is 13.6 Å². The molecular formula is C12H21O3PS2. The third-order valence-electron chi connectivity index (χ3n) is 2.20. The number of rotatable bonds is 7. The third kappa shape index (κ3) is 4.17. The lowest BCUT2D eigenvalue weighted by atomic mass is 10.4. The van der Waals surface area contributed by atoms with Crippen molar-refractivity contribution in [2.24, 2.45) is 0 Å². The van der Waals surface area contributed by atoms with Crippen LogP contribution in [0.5, 0.6) is 0 Å². The molecule has 0 saturated heterocycles. The second-order valence-corrected chi connectivity index (χ2v) is 8.53. The van der Waals surface area contributed by atoms with Crippen LogP contribution in [0.25, 0.3) is 0 Å². The maximum absolute atomic E-state index is 12.8. The van der Waals surface area contributed by atoms with Crippen LogP contribution in [0.15, 0.2) is 21.7 Å². The van der Waals surface area contributed by atoms with Crippen LogP contribution in [0, 0.1) is 0 Å². The molecule has 0 N–H and O–H groups in total. The first-order chi connectivity index (χ1) is 8.57. The zero-order valence-corrected chi connectivity index (χ0v) is 13.9. The average molecular weight is 308 g/mol. The Morgan fingerprint density at radius 1 is 1.33 bits per heavy atom. The lowest BCUT2D eigenvalue weighted by Gasteiger charge is -2.24. The van der Waals surface area contributed by atoms with Crippen LogP contribution in [0.1, 0.15) is 27.7 Å². The molecule has 104 valence electrons. The molecule has 0 saturated carbocycles. The van der Waals surface area contributed by atoms with Gasteiger partial charge in [0.15, 0.2) is 0 Å². The first-order valence-corrected chi connectivity index (χ1v) is 9.59. The summed E-state index contributed by atoms with van der Waals surface area (Å²) in [4.78, 5) is 0. The van der Waals surface area contributed by atoms with Crippen molar-refractivity contribution in [3.63, 3.8) is 0 Å². The van der Waals surface area contributed by atoms with Gasteiger partial charge in [0.1, 0.15) is 0 Å². The molecule has 18 heavy (non-hydrogen) atoms. The van der Waals surface area contributed by atoms with Gasteiger partial charge < -0.3 is 9.05 Å². The van der Waals surface area contributed by atoms with Gasteiger partial charge in [-0.25, -0.2) is 0 Å².